The summed E-state index contributed by atoms with van der Waals surface area (Å²) < 4.78 is 6.58. The largest absolute Gasteiger partial charge is 0.493 e. The van der Waals surface area contributed by atoms with Gasteiger partial charge in [0.25, 0.3) is 0 Å². The third-order valence-electron chi connectivity index (χ3n) is 2.11. The number of nitrogens with two attached hydrogens (primary N) is 1. The van der Waals surface area contributed by atoms with Crippen LogP contribution in [0, 0.1) is 3.57 Å². The molecule has 0 amide bonds. The van der Waals surface area contributed by atoms with Gasteiger partial charge in [0.05, 0.1) is 6.61 Å². The Hall–Kier alpha value is -0.000000000000000111. The van der Waals surface area contributed by atoms with E-state index in [0.717, 1.165) is 21.3 Å². The molecule has 13 heavy (non-hydrogen) atoms. The molecule has 1 aliphatic rings. The molecule has 2 N–H and O–H groups in total. The smallest absolute Gasteiger partial charge is 0.126 e. The average molecular weight is 310 g/mol. The lowest BCUT2D eigenvalue weighted by molar-refractivity contribution is 0.268. The third kappa shape index (κ3) is 1.78. The maximum Gasteiger partial charge on any atom is 0.126 e. The van der Waals surface area contributed by atoms with E-state index in [0.29, 0.717) is 11.6 Å². The van der Waals surface area contributed by atoms with Crippen LogP contribution in [0.3, 0.4) is 0 Å². The van der Waals surface area contributed by atoms with Gasteiger partial charge in [-0.05, 0) is 34.7 Å². The van der Waals surface area contributed by atoms with Gasteiger partial charge in [0, 0.05) is 26.6 Å². The van der Waals surface area contributed by atoms with Gasteiger partial charge in [0.2, 0.25) is 0 Å². The Morgan fingerprint density at radius 2 is 2.31 bits per heavy atom. The van der Waals surface area contributed by atoms with Crippen LogP contribution < -0.4 is 10.5 Å². The molecule has 0 saturated heterocycles. The molecule has 0 unspecified atom stereocenters. The number of hydrogen-bond donors (Lipinski definition) is 1. The predicted molar refractivity (Wildman–Crippen MR) is 61.2 cm³/mol. The van der Waals surface area contributed by atoms with Crippen molar-refractivity contribution in [3.63, 3.8) is 0 Å². The van der Waals surface area contributed by atoms with Gasteiger partial charge >= 0.3 is 0 Å². The minimum absolute atomic E-state index is 0.0907. The summed E-state index contributed by atoms with van der Waals surface area (Å²) in [6.45, 7) is 0.685. The van der Waals surface area contributed by atoms with Crippen molar-refractivity contribution in [2.75, 3.05) is 6.61 Å². The Balaban J connectivity index is 2.56. The average Bonchev–Trinajstić information content (AvgIpc) is 2.02. The van der Waals surface area contributed by atoms with Crippen molar-refractivity contribution in [1.29, 1.82) is 0 Å². The summed E-state index contributed by atoms with van der Waals surface area (Å²) >= 11 is 8.14. The fourth-order valence-electron chi connectivity index (χ4n) is 1.48. The van der Waals surface area contributed by atoms with Gasteiger partial charge in [-0.15, -0.1) is 0 Å². The molecule has 2 rings (SSSR count). The van der Waals surface area contributed by atoms with Crippen LogP contribution in [-0.4, -0.2) is 6.61 Å². The van der Waals surface area contributed by atoms with E-state index in [1.807, 2.05) is 12.1 Å². The second kappa shape index (κ2) is 3.63. The molecule has 0 aromatic heterocycles. The Kier molecular flexibility index (Phi) is 2.67. The molecule has 1 heterocycles. The number of benzene rings is 1. The van der Waals surface area contributed by atoms with E-state index < -0.39 is 0 Å². The first-order valence-corrected chi connectivity index (χ1v) is 5.51. The van der Waals surface area contributed by atoms with Crippen molar-refractivity contribution >= 4 is 34.2 Å². The number of ether oxygens (including phenoxy) is 1. The summed E-state index contributed by atoms with van der Waals surface area (Å²) in [5.74, 6) is 0.843. The fraction of sp³-hybridized carbons (Fsp3) is 0.333. The quantitative estimate of drug-likeness (QED) is 0.748. The van der Waals surface area contributed by atoms with Crippen LogP contribution in [0.1, 0.15) is 18.0 Å². The van der Waals surface area contributed by atoms with Crippen LogP contribution in [0.4, 0.5) is 0 Å². The lowest BCUT2D eigenvalue weighted by Crippen LogP contribution is -2.21. The summed E-state index contributed by atoms with van der Waals surface area (Å²) in [5, 5.41) is 0.706. The van der Waals surface area contributed by atoms with Gasteiger partial charge in [-0.25, -0.2) is 0 Å². The number of hydrogen-bond acceptors (Lipinski definition) is 2. The second-order valence-electron chi connectivity index (χ2n) is 3.04. The maximum absolute atomic E-state index is 5.97. The van der Waals surface area contributed by atoms with Crippen LogP contribution in [0.15, 0.2) is 12.1 Å². The Labute approximate surface area is 95.5 Å². The summed E-state index contributed by atoms with van der Waals surface area (Å²) in [6.07, 6.45) is 0.880. The SMILES string of the molecule is N[C@H]1CCOc2cc(Cl)cc(I)c21. The van der Waals surface area contributed by atoms with Crippen LogP contribution in [0.5, 0.6) is 5.75 Å². The summed E-state index contributed by atoms with van der Waals surface area (Å²) in [7, 11) is 0. The molecule has 2 nitrogen and oxygen atoms in total. The zero-order valence-corrected chi connectivity index (χ0v) is 9.80. The molecule has 0 saturated carbocycles. The summed E-state index contributed by atoms with van der Waals surface area (Å²) in [4.78, 5) is 0. The molecular weight excluding hydrogens is 300 g/mol. The van der Waals surface area contributed by atoms with Gasteiger partial charge in [0.15, 0.2) is 0 Å². The molecule has 0 aliphatic carbocycles. The molecule has 1 atom stereocenters. The number of rotatable bonds is 0. The first kappa shape index (κ1) is 9.55. The van der Waals surface area contributed by atoms with Gasteiger partial charge in [0.1, 0.15) is 5.75 Å². The Morgan fingerprint density at radius 1 is 1.54 bits per heavy atom. The zero-order valence-electron chi connectivity index (χ0n) is 6.89. The minimum atomic E-state index is 0.0907. The van der Waals surface area contributed by atoms with Gasteiger partial charge in [-0.2, -0.15) is 0 Å². The molecule has 4 heteroatoms. The zero-order chi connectivity index (χ0) is 9.42. The normalized spacial score (nSPS) is 20.7. The first-order valence-electron chi connectivity index (χ1n) is 4.06. The monoisotopic (exact) mass is 309 g/mol. The van der Waals surface area contributed by atoms with Crippen LogP contribution in [0.2, 0.25) is 5.02 Å². The maximum atomic E-state index is 5.97. The van der Waals surface area contributed by atoms with Crippen molar-refractivity contribution in [3.05, 3.63) is 26.3 Å². The highest BCUT2D eigenvalue weighted by atomic mass is 127. The highest BCUT2D eigenvalue weighted by molar-refractivity contribution is 14.1. The molecule has 0 spiro atoms. The van der Waals surface area contributed by atoms with Gasteiger partial charge < -0.3 is 10.5 Å². The van der Waals surface area contributed by atoms with Crippen molar-refractivity contribution in [2.24, 2.45) is 5.73 Å². The topological polar surface area (TPSA) is 35.2 Å². The Bertz CT molecular complexity index is 343. The van der Waals surface area contributed by atoms with E-state index in [1.165, 1.54) is 0 Å². The summed E-state index contributed by atoms with van der Waals surface area (Å²) in [6, 6.07) is 3.83. The van der Waals surface area contributed by atoms with Crippen LogP contribution in [-0.2, 0) is 0 Å². The molecule has 1 aromatic rings. The predicted octanol–water partition coefficient (Wildman–Crippen LogP) is 2.73. The second-order valence-corrected chi connectivity index (χ2v) is 4.64. The lowest BCUT2D eigenvalue weighted by Gasteiger charge is -2.24. The van der Waals surface area contributed by atoms with E-state index in [9.17, 15) is 0 Å². The standard InChI is InChI=1S/C9H9ClINO/c10-5-3-6(11)9-7(12)1-2-13-8(9)4-5/h3-4,7H,1-2,12H2/t7-/m0/s1. The van der Waals surface area contributed by atoms with E-state index in [4.69, 9.17) is 22.1 Å². The Morgan fingerprint density at radius 3 is 3.08 bits per heavy atom. The lowest BCUT2D eigenvalue weighted by atomic mass is 10.0. The minimum Gasteiger partial charge on any atom is -0.493 e. The third-order valence-corrected chi connectivity index (χ3v) is 3.22. The molecule has 1 aliphatic heterocycles. The van der Waals surface area contributed by atoms with Crippen molar-refractivity contribution in [2.45, 2.75) is 12.5 Å². The van der Waals surface area contributed by atoms with Crippen LogP contribution in [0.25, 0.3) is 0 Å². The van der Waals surface area contributed by atoms with E-state index in [-0.39, 0.29) is 6.04 Å². The van der Waals surface area contributed by atoms with E-state index >= 15 is 0 Å². The van der Waals surface area contributed by atoms with Gasteiger partial charge in [-0.1, -0.05) is 11.6 Å². The molecular formula is C9H9ClINO. The highest BCUT2D eigenvalue weighted by Gasteiger charge is 2.21. The number of halogens is 2. The van der Waals surface area contributed by atoms with Crippen molar-refractivity contribution in [1.82, 2.24) is 0 Å². The fourth-order valence-corrected chi connectivity index (χ4v) is 2.87. The first-order chi connectivity index (χ1) is 6.18. The summed E-state index contributed by atoms with van der Waals surface area (Å²) in [5.41, 5.74) is 7.06. The van der Waals surface area contributed by atoms with Crippen molar-refractivity contribution < 1.29 is 4.74 Å². The van der Waals surface area contributed by atoms with E-state index in [1.54, 1.807) is 0 Å². The molecule has 70 valence electrons. The molecule has 0 bridgehead atoms. The molecule has 0 radical (unpaired) electrons. The van der Waals surface area contributed by atoms with Gasteiger partial charge in [-0.3, -0.25) is 0 Å². The number of fused-ring (bicyclic) bond motifs is 1. The highest BCUT2D eigenvalue weighted by Crippen LogP contribution is 2.36. The van der Waals surface area contributed by atoms with Crippen molar-refractivity contribution in [3.8, 4) is 5.75 Å². The molecule has 1 aromatic carbocycles. The van der Waals surface area contributed by atoms with E-state index in [2.05, 4.69) is 22.6 Å². The molecule has 0 fully saturated rings. The van der Waals surface area contributed by atoms with Crippen LogP contribution >= 0.6 is 34.2 Å².